The maximum Gasteiger partial charge on any atom is 0.127 e. The van der Waals surface area contributed by atoms with Gasteiger partial charge in [-0.3, -0.25) is 0 Å². The van der Waals surface area contributed by atoms with Crippen LogP contribution in [0.5, 0.6) is 11.5 Å². The monoisotopic (exact) mass is 270 g/mol. The number of hydrogen-bond donors (Lipinski definition) is 2. The Morgan fingerprint density at radius 1 is 0.950 bits per heavy atom. The smallest absolute Gasteiger partial charge is 0.127 e. The van der Waals surface area contributed by atoms with E-state index in [0.717, 1.165) is 17.9 Å². The Morgan fingerprint density at radius 3 is 2.25 bits per heavy atom. The van der Waals surface area contributed by atoms with Crippen LogP contribution in [0.15, 0.2) is 48.5 Å². The molecular weight excluding hydrogens is 248 g/mol. The fourth-order valence-corrected chi connectivity index (χ4v) is 2.16. The van der Waals surface area contributed by atoms with Gasteiger partial charge in [-0.15, -0.1) is 0 Å². The van der Waals surface area contributed by atoms with Crippen LogP contribution >= 0.6 is 0 Å². The van der Waals surface area contributed by atoms with Crippen LogP contribution in [0.2, 0.25) is 0 Å². The Balaban J connectivity index is 2.09. The number of aryl methyl sites for hydroxylation is 1. The van der Waals surface area contributed by atoms with E-state index in [4.69, 9.17) is 16.2 Å². The molecule has 4 N–H and O–H groups in total. The molecule has 0 aliphatic heterocycles. The molecule has 0 atom stereocenters. The number of hydrogen-bond acceptors (Lipinski definition) is 3. The van der Waals surface area contributed by atoms with E-state index in [2.05, 4.69) is 19.1 Å². The molecule has 0 unspecified atom stereocenters. The Bertz CT molecular complexity index is 536. The summed E-state index contributed by atoms with van der Waals surface area (Å²) in [5, 5.41) is 0. The normalized spacial score (nSPS) is 10.8. The number of benzene rings is 2. The van der Waals surface area contributed by atoms with Gasteiger partial charge in [-0.05, 0) is 67.7 Å². The highest BCUT2D eigenvalue weighted by molar-refractivity contribution is 5.38. The standard InChI is InChI=1S/C17H22N2O/c1-13-9-17(20-16-5-3-2-4-6-16)8-7-15(13)10-14(11-18)12-19/h2-9,14H,10-12,18-19H2,1H3. The van der Waals surface area contributed by atoms with E-state index in [1.807, 2.05) is 36.4 Å². The molecule has 3 nitrogen and oxygen atoms in total. The number of para-hydroxylation sites is 1. The molecule has 0 saturated heterocycles. The summed E-state index contributed by atoms with van der Waals surface area (Å²) in [7, 11) is 0. The van der Waals surface area contributed by atoms with Crippen LogP contribution in [0.1, 0.15) is 11.1 Å². The minimum absolute atomic E-state index is 0.342. The Kier molecular flexibility index (Phi) is 5.16. The van der Waals surface area contributed by atoms with Gasteiger partial charge in [-0.25, -0.2) is 0 Å². The fourth-order valence-electron chi connectivity index (χ4n) is 2.16. The van der Waals surface area contributed by atoms with Gasteiger partial charge in [0.1, 0.15) is 11.5 Å². The zero-order valence-electron chi connectivity index (χ0n) is 11.9. The molecule has 2 aromatic carbocycles. The summed E-state index contributed by atoms with van der Waals surface area (Å²) in [6, 6.07) is 16.0. The van der Waals surface area contributed by atoms with Gasteiger partial charge in [0.05, 0.1) is 0 Å². The Hall–Kier alpha value is -1.84. The van der Waals surface area contributed by atoms with Gasteiger partial charge < -0.3 is 16.2 Å². The van der Waals surface area contributed by atoms with Crippen LogP contribution < -0.4 is 16.2 Å². The minimum Gasteiger partial charge on any atom is -0.457 e. The number of rotatable bonds is 6. The van der Waals surface area contributed by atoms with Crippen molar-refractivity contribution >= 4 is 0 Å². The van der Waals surface area contributed by atoms with Crippen molar-refractivity contribution in [2.24, 2.45) is 17.4 Å². The third-order valence-corrected chi connectivity index (χ3v) is 3.47. The average molecular weight is 270 g/mol. The summed E-state index contributed by atoms with van der Waals surface area (Å²) in [6.45, 7) is 3.34. The molecule has 0 radical (unpaired) electrons. The van der Waals surface area contributed by atoms with Crippen molar-refractivity contribution in [1.29, 1.82) is 0 Å². The molecule has 0 aliphatic carbocycles. The van der Waals surface area contributed by atoms with Crippen molar-refractivity contribution in [2.45, 2.75) is 13.3 Å². The molecule has 0 spiro atoms. The number of nitrogens with two attached hydrogens (primary N) is 2. The van der Waals surface area contributed by atoms with E-state index in [1.54, 1.807) is 0 Å². The average Bonchev–Trinajstić information content (AvgIpc) is 2.48. The van der Waals surface area contributed by atoms with Crippen LogP contribution in [0, 0.1) is 12.8 Å². The first-order valence-electron chi connectivity index (χ1n) is 6.95. The minimum atomic E-state index is 0.342. The van der Waals surface area contributed by atoms with Crippen molar-refractivity contribution in [1.82, 2.24) is 0 Å². The Labute approximate surface area is 120 Å². The molecule has 0 bridgehead atoms. The third-order valence-electron chi connectivity index (χ3n) is 3.47. The largest absolute Gasteiger partial charge is 0.457 e. The predicted molar refractivity (Wildman–Crippen MR) is 83.0 cm³/mol. The summed E-state index contributed by atoms with van der Waals surface area (Å²) in [5.41, 5.74) is 13.9. The molecule has 3 heteroatoms. The highest BCUT2D eigenvalue weighted by Gasteiger charge is 2.08. The van der Waals surface area contributed by atoms with E-state index >= 15 is 0 Å². The van der Waals surface area contributed by atoms with Crippen molar-refractivity contribution < 1.29 is 4.74 Å². The highest BCUT2D eigenvalue weighted by atomic mass is 16.5. The van der Waals surface area contributed by atoms with Crippen molar-refractivity contribution in [3.63, 3.8) is 0 Å². The van der Waals surface area contributed by atoms with E-state index in [-0.39, 0.29) is 0 Å². The summed E-state index contributed by atoms with van der Waals surface area (Å²) in [4.78, 5) is 0. The molecule has 0 amide bonds. The zero-order valence-corrected chi connectivity index (χ0v) is 11.9. The SMILES string of the molecule is Cc1cc(Oc2ccccc2)ccc1CC(CN)CN. The second kappa shape index (κ2) is 7.08. The molecule has 2 rings (SSSR count). The molecule has 0 saturated carbocycles. The first-order chi connectivity index (χ1) is 9.72. The van der Waals surface area contributed by atoms with Crippen LogP contribution in [0.3, 0.4) is 0 Å². The lowest BCUT2D eigenvalue weighted by molar-refractivity contribution is 0.481. The van der Waals surface area contributed by atoms with Gasteiger partial charge in [0.15, 0.2) is 0 Å². The second-order valence-corrected chi connectivity index (χ2v) is 5.04. The van der Waals surface area contributed by atoms with Crippen molar-refractivity contribution in [3.8, 4) is 11.5 Å². The van der Waals surface area contributed by atoms with E-state index in [1.165, 1.54) is 11.1 Å². The topological polar surface area (TPSA) is 61.3 Å². The predicted octanol–water partition coefficient (Wildman–Crippen LogP) is 2.86. The highest BCUT2D eigenvalue weighted by Crippen LogP contribution is 2.24. The van der Waals surface area contributed by atoms with Gasteiger partial charge in [0.25, 0.3) is 0 Å². The van der Waals surface area contributed by atoms with Crippen LogP contribution in [0.25, 0.3) is 0 Å². The van der Waals surface area contributed by atoms with E-state index < -0.39 is 0 Å². The molecule has 0 aromatic heterocycles. The number of ether oxygens (including phenoxy) is 1. The van der Waals surface area contributed by atoms with Gasteiger partial charge in [0.2, 0.25) is 0 Å². The molecule has 0 fully saturated rings. The quantitative estimate of drug-likeness (QED) is 0.848. The van der Waals surface area contributed by atoms with Gasteiger partial charge >= 0.3 is 0 Å². The molecule has 20 heavy (non-hydrogen) atoms. The van der Waals surface area contributed by atoms with Crippen molar-refractivity contribution in [2.75, 3.05) is 13.1 Å². The van der Waals surface area contributed by atoms with Crippen molar-refractivity contribution in [3.05, 3.63) is 59.7 Å². The maximum absolute atomic E-state index is 5.82. The lowest BCUT2D eigenvalue weighted by Crippen LogP contribution is -2.25. The first kappa shape index (κ1) is 14.6. The molecule has 0 heterocycles. The molecule has 0 aliphatic rings. The lowest BCUT2D eigenvalue weighted by atomic mass is 9.96. The summed E-state index contributed by atoms with van der Waals surface area (Å²) in [6.07, 6.45) is 0.921. The zero-order chi connectivity index (χ0) is 14.4. The van der Waals surface area contributed by atoms with Gasteiger partial charge in [0, 0.05) is 0 Å². The summed E-state index contributed by atoms with van der Waals surface area (Å²) in [5.74, 6) is 2.05. The summed E-state index contributed by atoms with van der Waals surface area (Å²) >= 11 is 0. The first-order valence-corrected chi connectivity index (χ1v) is 6.95. The van der Waals surface area contributed by atoms with E-state index in [9.17, 15) is 0 Å². The maximum atomic E-state index is 5.82. The fraction of sp³-hybridized carbons (Fsp3) is 0.294. The van der Waals surface area contributed by atoms with Crippen LogP contribution in [0.4, 0.5) is 0 Å². The lowest BCUT2D eigenvalue weighted by Gasteiger charge is -2.15. The van der Waals surface area contributed by atoms with Gasteiger partial charge in [-0.2, -0.15) is 0 Å². The molecular formula is C17H22N2O. The van der Waals surface area contributed by atoms with Crippen LogP contribution in [-0.4, -0.2) is 13.1 Å². The van der Waals surface area contributed by atoms with Gasteiger partial charge in [-0.1, -0.05) is 24.3 Å². The van der Waals surface area contributed by atoms with E-state index in [0.29, 0.717) is 19.0 Å². The second-order valence-electron chi connectivity index (χ2n) is 5.04. The van der Waals surface area contributed by atoms with Crippen LogP contribution in [-0.2, 0) is 6.42 Å². The Morgan fingerprint density at radius 2 is 1.65 bits per heavy atom. The molecule has 106 valence electrons. The molecule has 2 aromatic rings. The summed E-state index contributed by atoms with van der Waals surface area (Å²) < 4.78 is 5.82. The third kappa shape index (κ3) is 3.83.